The zero-order chi connectivity index (χ0) is 12.1. The van der Waals surface area contributed by atoms with Crippen LogP contribution < -0.4 is 0 Å². The lowest BCUT2D eigenvalue weighted by molar-refractivity contribution is -0.197. The fraction of sp³-hybridized carbons (Fsp3) is 0.636. The Hall–Kier alpha value is -1.72. The zero-order valence-electron chi connectivity index (χ0n) is 9.02. The molecule has 2 amide bonds. The van der Waals surface area contributed by atoms with E-state index in [1.54, 1.807) is 0 Å². The molecular formula is C11H17NO5. The summed E-state index contributed by atoms with van der Waals surface area (Å²) >= 11 is 0. The van der Waals surface area contributed by atoms with E-state index in [9.17, 15) is 19.2 Å². The van der Waals surface area contributed by atoms with E-state index in [4.69, 9.17) is 0 Å². The fourth-order valence-corrected chi connectivity index (χ4v) is 1.29. The third-order valence-corrected chi connectivity index (χ3v) is 2.11. The molecule has 0 aliphatic carbocycles. The molecule has 0 aromatic rings. The standard InChI is InChI=1S/C10H13NO5.CH4/c1-7(12)3-2-4-10(15)16-11-8(13)5-6-9(11)14;/h2-6H2,1H3;1H4. The lowest BCUT2D eigenvalue weighted by Gasteiger charge is -2.12. The van der Waals surface area contributed by atoms with Gasteiger partial charge in [0.2, 0.25) is 0 Å². The lowest BCUT2D eigenvalue weighted by Crippen LogP contribution is -2.31. The number of ketones is 1. The third-order valence-electron chi connectivity index (χ3n) is 2.11. The summed E-state index contributed by atoms with van der Waals surface area (Å²) in [7, 11) is 0. The molecule has 96 valence electrons. The molecule has 1 aliphatic heterocycles. The summed E-state index contributed by atoms with van der Waals surface area (Å²) in [5, 5.41) is 0.510. The Bertz CT molecular complexity index is 321. The minimum atomic E-state index is -0.662. The molecule has 0 aromatic heterocycles. The van der Waals surface area contributed by atoms with E-state index in [0.29, 0.717) is 11.5 Å². The van der Waals surface area contributed by atoms with Gasteiger partial charge >= 0.3 is 5.97 Å². The molecule has 0 N–H and O–H groups in total. The number of rotatable bonds is 5. The van der Waals surface area contributed by atoms with E-state index >= 15 is 0 Å². The van der Waals surface area contributed by atoms with Crippen molar-refractivity contribution in [1.82, 2.24) is 5.06 Å². The first kappa shape index (κ1) is 15.3. The average Bonchev–Trinajstić information content (AvgIpc) is 2.49. The smallest absolute Gasteiger partial charge is 0.330 e. The van der Waals surface area contributed by atoms with Crippen molar-refractivity contribution in [3.8, 4) is 0 Å². The quantitative estimate of drug-likeness (QED) is 0.672. The predicted octanol–water partition coefficient (Wildman–Crippen LogP) is 0.989. The Labute approximate surface area is 99.9 Å². The van der Waals surface area contributed by atoms with E-state index < -0.39 is 17.8 Å². The highest BCUT2D eigenvalue weighted by Gasteiger charge is 2.32. The van der Waals surface area contributed by atoms with Crippen LogP contribution in [0, 0.1) is 0 Å². The van der Waals surface area contributed by atoms with Gasteiger partial charge in [0, 0.05) is 25.7 Å². The van der Waals surface area contributed by atoms with Crippen LogP contribution in [0.5, 0.6) is 0 Å². The molecule has 1 aliphatic rings. The van der Waals surface area contributed by atoms with Gasteiger partial charge in [0.1, 0.15) is 5.78 Å². The number of Topliss-reactive ketones (excluding diaryl/α,β-unsaturated/α-hetero) is 1. The number of hydrogen-bond acceptors (Lipinski definition) is 5. The van der Waals surface area contributed by atoms with Crippen molar-refractivity contribution in [1.29, 1.82) is 0 Å². The lowest BCUT2D eigenvalue weighted by atomic mass is 10.2. The maximum absolute atomic E-state index is 11.2. The Morgan fingerprint density at radius 3 is 2.18 bits per heavy atom. The van der Waals surface area contributed by atoms with E-state index in [1.807, 2.05) is 0 Å². The molecule has 1 fully saturated rings. The van der Waals surface area contributed by atoms with E-state index in [2.05, 4.69) is 4.84 Å². The van der Waals surface area contributed by atoms with Gasteiger partial charge in [0.15, 0.2) is 0 Å². The molecule has 0 saturated carbocycles. The number of hydrogen-bond donors (Lipinski definition) is 0. The maximum Gasteiger partial charge on any atom is 0.333 e. The molecule has 0 radical (unpaired) electrons. The summed E-state index contributed by atoms with van der Waals surface area (Å²) in [6.45, 7) is 1.43. The average molecular weight is 243 g/mol. The van der Waals surface area contributed by atoms with Gasteiger partial charge in [-0.2, -0.15) is 0 Å². The Morgan fingerprint density at radius 2 is 1.71 bits per heavy atom. The zero-order valence-corrected chi connectivity index (χ0v) is 9.02. The highest BCUT2D eigenvalue weighted by molar-refractivity contribution is 6.01. The molecule has 0 aromatic carbocycles. The van der Waals surface area contributed by atoms with Crippen LogP contribution in [-0.4, -0.2) is 28.6 Å². The normalized spacial score (nSPS) is 14.5. The Balaban J connectivity index is 0.00000256. The molecule has 0 unspecified atom stereocenters. The second-order valence-corrected chi connectivity index (χ2v) is 3.60. The van der Waals surface area contributed by atoms with Crippen molar-refractivity contribution in [3.05, 3.63) is 0 Å². The number of nitrogens with zero attached hydrogens (tertiary/aromatic N) is 1. The second-order valence-electron chi connectivity index (χ2n) is 3.60. The molecule has 1 saturated heterocycles. The van der Waals surface area contributed by atoms with Gasteiger partial charge in [0.05, 0.1) is 0 Å². The van der Waals surface area contributed by atoms with Gasteiger partial charge in [0.25, 0.3) is 11.8 Å². The van der Waals surface area contributed by atoms with Gasteiger partial charge in [-0.25, -0.2) is 4.79 Å². The van der Waals surface area contributed by atoms with Crippen molar-refractivity contribution in [2.75, 3.05) is 0 Å². The van der Waals surface area contributed by atoms with Gasteiger partial charge < -0.3 is 9.63 Å². The van der Waals surface area contributed by atoms with Crippen LogP contribution in [0.3, 0.4) is 0 Å². The highest BCUT2D eigenvalue weighted by Crippen LogP contribution is 2.13. The number of amides is 2. The van der Waals surface area contributed by atoms with E-state index in [1.165, 1.54) is 6.92 Å². The van der Waals surface area contributed by atoms with Crippen molar-refractivity contribution < 1.29 is 24.0 Å². The van der Waals surface area contributed by atoms with Crippen LogP contribution in [0.4, 0.5) is 0 Å². The molecule has 1 heterocycles. The topological polar surface area (TPSA) is 80.8 Å². The van der Waals surface area contributed by atoms with Crippen molar-refractivity contribution in [2.45, 2.75) is 46.5 Å². The largest absolute Gasteiger partial charge is 0.333 e. The van der Waals surface area contributed by atoms with Crippen molar-refractivity contribution in [3.63, 3.8) is 0 Å². The summed E-state index contributed by atoms with van der Waals surface area (Å²) in [6.07, 6.45) is 0.844. The number of carbonyl (C=O) groups excluding carboxylic acids is 4. The first-order chi connectivity index (χ1) is 7.50. The van der Waals surface area contributed by atoms with E-state index in [-0.39, 0.29) is 38.9 Å². The Kier molecular flexibility index (Phi) is 6.09. The molecule has 17 heavy (non-hydrogen) atoms. The van der Waals surface area contributed by atoms with Gasteiger partial charge in [-0.3, -0.25) is 9.59 Å². The van der Waals surface area contributed by atoms with Crippen molar-refractivity contribution in [2.24, 2.45) is 0 Å². The van der Waals surface area contributed by atoms with Gasteiger partial charge in [-0.05, 0) is 13.3 Å². The molecular weight excluding hydrogens is 226 g/mol. The van der Waals surface area contributed by atoms with Crippen LogP contribution in [0.2, 0.25) is 0 Å². The molecule has 0 atom stereocenters. The molecule has 6 heteroatoms. The maximum atomic E-state index is 11.2. The van der Waals surface area contributed by atoms with Gasteiger partial charge in [-0.1, -0.05) is 7.43 Å². The molecule has 6 nitrogen and oxygen atoms in total. The van der Waals surface area contributed by atoms with Crippen LogP contribution in [-0.2, 0) is 24.0 Å². The van der Waals surface area contributed by atoms with Crippen LogP contribution in [0.15, 0.2) is 0 Å². The number of carbonyl (C=O) groups is 4. The predicted molar refractivity (Wildman–Crippen MR) is 58.4 cm³/mol. The minimum Gasteiger partial charge on any atom is -0.330 e. The van der Waals surface area contributed by atoms with Crippen LogP contribution >= 0.6 is 0 Å². The molecule has 0 bridgehead atoms. The first-order valence-corrected chi connectivity index (χ1v) is 5.06. The fourth-order valence-electron chi connectivity index (χ4n) is 1.29. The summed E-state index contributed by atoms with van der Waals surface area (Å²) in [5.41, 5.74) is 0. The van der Waals surface area contributed by atoms with Crippen LogP contribution in [0.25, 0.3) is 0 Å². The highest BCUT2D eigenvalue weighted by atomic mass is 16.7. The summed E-state index contributed by atoms with van der Waals surface area (Å²) < 4.78 is 0. The monoisotopic (exact) mass is 243 g/mol. The minimum absolute atomic E-state index is 0. The third kappa shape index (κ3) is 4.76. The van der Waals surface area contributed by atoms with Crippen molar-refractivity contribution >= 4 is 23.6 Å². The number of imide groups is 1. The first-order valence-electron chi connectivity index (χ1n) is 5.06. The molecule has 0 spiro atoms. The van der Waals surface area contributed by atoms with Crippen LogP contribution in [0.1, 0.15) is 46.5 Å². The molecule has 1 rings (SSSR count). The van der Waals surface area contributed by atoms with E-state index in [0.717, 1.165) is 0 Å². The second kappa shape index (κ2) is 6.78. The Morgan fingerprint density at radius 1 is 1.18 bits per heavy atom. The summed E-state index contributed by atoms with van der Waals surface area (Å²) in [5.74, 6) is -1.67. The van der Waals surface area contributed by atoms with Gasteiger partial charge in [-0.15, -0.1) is 5.06 Å². The number of hydroxylamine groups is 2. The summed E-state index contributed by atoms with van der Waals surface area (Å²) in [6, 6.07) is 0. The summed E-state index contributed by atoms with van der Waals surface area (Å²) in [4.78, 5) is 48.5. The SMILES string of the molecule is C.CC(=O)CCCC(=O)ON1C(=O)CCC1=O.